The first kappa shape index (κ1) is 19.9. The van der Waals surface area contributed by atoms with Crippen molar-refractivity contribution in [2.45, 2.75) is 52.8 Å². The monoisotopic (exact) mass is 333 g/mol. The Bertz CT molecular complexity index is 597. The van der Waals surface area contributed by atoms with Gasteiger partial charge in [-0.05, 0) is 52.3 Å². The molecule has 0 aliphatic heterocycles. The summed E-state index contributed by atoms with van der Waals surface area (Å²) in [4.78, 5) is 23.6. The number of carbonyl (C=O) groups excluding carboxylic acids is 2. The molecule has 24 heavy (non-hydrogen) atoms. The molecule has 0 bridgehead atoms. The molecule has 0 spiro atoms. The normalized spacial score (nSPS) is 13.3. The number of esters is 2. The summed E-state index contributed by atoms with van der Waals surface area (Å²) in [6.07, 6.45) is 1.77. The molecule has 1 unspecified atom stereocenters. The van der Waals surface area contributed by atoms with Gasteiger partial charge >= 0.3 is 11.9 Å². The van der Waals surface area contributed by atoms with Gasteiger partial charge in [0.05, 0.1) is 12.7 Å². The standard InChI is InChI=1S/C19H27NO4/c1-7-16(18(22)24-19(3,4)5)13(2)20-12-14-8-10-15(11-9-14)17(21)23-6/h7-11,13,20H,12H2,1-6H3/b16-7-. The fourth-order valence-electron chi connectivity index (χ4n) is 2.14. The largest absolute Gasteiger partial charge is 0.465 e. The average Bonchev–Trinajstić information content (AvgIpc) is 2.51. The molecule has 132 valence electrons. The van der Waals surface area contributed by atoms with E-state index in [0.29, 0.717) is 17.7 Å². The maximum Gasteiger partial charge on any atom is 0.337 e. The molecule has 0 aromatic heterocycles. The average molecular weight is 333 g/mol. The Hall–Kier alpha value is -2.14. The third-order valence-electron chi connectivity index (χ3n) is 3.40. The summed E-state index contributed by atoms with van der Waals surface area (Å²) in [5, 5.41) is 3.29. The van der Waals surface area contributed by atoms with Gasteiger partial charge in [0, 0.05) is 18.2 Å². The molecule has 1 rings (SSSR count). The summed E-state index contributed by atoms with van der Waals surface area (Å²) >= 11 is 0. The molecule has 0 heterocycles. The van der Waals surface area contributed by atoms with Crippen LogP contribution in [-0.2, 0) is 20.8 Å². The molecule has 0 saturated carbocycles. The van der Waals surface area contributed by atoms with Crippen molar-refractivity contribution in [1.29, 1.82) is 0 Å². The highest BCUT2D eigenvalue weighted by Gasteiger charge is 2.22. The Kier molecular flexibility index (Phi) is 7.17. The summed E-state index contributed by atoms with van der Waals surface area (Å²) < 4.78 is 10.1. The van der Waals surface area contributed by atoms with Gasteiger partial charge in [-0.3, -0.25) is 0 Å². The Balaban J connectivity index is 2.65. The Labute approximate surface area is 144 Å². The smallest absolute Gasteiger partial charge is 0.337 e. The quantitative estimate of drug-likeness (QED) is 0.639. The van der Waals surface area contributed by atoms with E-state index < -0.39 is 5.60 Å². The van der Waals surface area contributed by atoms with Crippen molar-refractivity contribution < 1.29 is 19.1 Å². The minimum atomic E-state index is -0.519. The summed E-state index contributed by atoms with van der Waals surface area (Å²) in [5.41, 5.74) is 1.59. The van der Waals surface area contributed by atoms with E-state index in [1.54, 1.807) is 18.2 Å². The van der Waals surface area contributed by atoms with Crippen LogP contribution < -0.4 is 5.32 Å². The first-order valence-corrected chi connectivity index (χ1v) is 7.98. The highest BCUT2D eigenvalue weighted by Crippen LogP contribution is 2.14. The van der Waals surface area contributed by atoms with Crippen LogP contribution >= 0.6 is 0 Å². The van der Waals surface area contributed by atoms with Crippen LogP contribution in [0, 0.1) is 0 Å². The highest BCUT2D eigenvalue weighted by atomic mass is 16.6. The van der Waals surface area contributed by atoms with E-state index in [1.807, 2.05) is 46.8 Å². The SMILES string of the molecule is C/C=C(\C(=O)OC(C)(C)C)C(C)NCc1ccc(C(=O)OC)cc1. The first-order chi connectivity index (χ1) is 11.2. The van der Waals surface area contributed by atoms with Gasteiger partial charge in [0.25, 0.3) is 0 Å². The van der Waals surface area contributed by atoms with Crippen molar-refractivity contribution in [2.75, 3.05) is 7.11 Å². The Morgan fingerprint density at radius 2 is 1.79 bits per heavy atom. The molecule has 0 aliphatic carbocycles. The molecule has 1 atom stereocenters. The van der Waals surface area contributed by atoms with Gasteiger partial charge < -0.3 is 14.8 Å². The second kappa shape index (κ2) is 8.64. The lowest BCUT2D eigenvalue weighted by Crippen LogP contribution is -2.34. The van der Waals surface area contributed by atoms with Crippen LogP contribution in [0.5, 0.6) is 0 Å². The minimum Gasteiger partial charge on any atom is -0.465 e. The minimum absolute atomic E-state index is 0.148. The van der Waals surface area contributed by atoms with Crippen LogP contribution in [0.25, 0.3) is 0 Å². The molecule has 5 nitrogen and oxygen atoms in total. The summed E-state index contributed by atoms with van der Waals surface area (Å²) in [7, 11) is 1.36. The van der Waals surface area contributed by atoms with Crippen molar-refractivity contribution in [2.24, 2.45) is 0 Å². The number of carbonyl (C=O) groups is 2. The topological polar surface area (TPSA) is 64.6 Å². The predicted octanol–water partition coefficient (Wildman–Crippen LogP) is 3.24. The molecular weight excluding hydrogens is 306 g/mol. The van der Waals surface area contributed by atoms with E-state index in [9.17, 15) is 9.59 Å². The second-order valence-corrected chi connectivity index (χ2v) is 6.54. The van der Waals surface area contributed by atoms with Gasteiger partial charge in [0.1, 0.15) is 5.60 Å². The summed E-state index contributed by atoms with van der Waals surface area (Å²) in [5.74, 6) is -0.671. The molecule has 5 heteroatoms. The van der Waals surface area contributed by atoms with Crippen LogP contribution in [0.2, 0.25) is 0 Å². The van der Waals surface area contributed by atoms with Crippen molar-refractivity contribution in [3.63, 3.8) is 0 Å². The van der Waals surface area contributed by atoms with Crippen LogP contribution in [-0.4, -0.2) is 30.7 Å². The maximum absolute atomic E-state index is 12.2. The lowest BCUT2D eigenvalue weighted by molar-refractivity contribution is -0.150. The zero-order valence-electron chi connectivity index (χ0n) is 15.3. The molecule has 0 saturated heterocycles. The molecule has 1 N–H and O–H groups in total. The van der Waals surface area contributed by atoms with Gasteiger partial charge in [-0.2, -0.15) is 0 Å². The molecule has 0 fully saturated rings. The van der Waals surface area contributed by atoms with E-state index in [0.717, 1.165) is 5.56 Å². The third-order valence-corrected chi connectivity index (χ3v) is 3.40. The fraction of sp³-hybridized carbons (Fsp3) is 0.474. The molecular formula is C19H27NO4. The van der Waals surface area contributed by atoms with E-state index in [2.05, 4.69) is 10.1 Å². The zero-order valence-corrected chi connectivity index (χ0v) is 15.3. The number of methoxy groups -OCH3 is 1. The number of hydrogen-bond acceptors (Lipinski definition) is 5. The lowest BCUT2D eigenvalue weighted by atomic mass is 10.1. The van der Waals surface area contributed by atoms with E-state index in [4.69, 9.17) is 4.74 Å². The molecule has 0 aliphatic rings. The number of allylic oxidation sites excluding steroid dienone is 1. The fourth-order valence-corrected chi connectivity index (χ4v) is 2.14. The van der Waals surface area contributed by atoms with Crippen LogP contribution in [0.4, 0.5) is 0 Å². The van der Waals surface area contributed by atoms with E-state index in [-0.39, 0.29) is 18.0 Å². The lowest BCUT2D eigenvalue weighted by Gasteiger charge is -2.23. The first-order valence-electron chi connectivity index (χ1n) is 7.98. The highest BCUT2D eigenvalue weighted by molar-refractivity contribution is 5.90. The molecule has 0 radical (unpaired) electrons. The molecule has 1 aromatic carbocycles. The predicted molar refractivity (Wildman–Crippen MR) is 93.7 cm³/mol. The number of ether oxygens (including phenoxy) is 2. The van der Waals surface area contributed by atoms with Crippen LogP contribution in [0.1, 0.15) is 50.5 Å². The van der Waals surface area contributed by atoms with Gasteiger partial charge in [-0.15, -0.1) is 0 Å². The third kappa shape index (κ3) is 6.16. The van der Waals surface area contributed by atoms with Crippen LogP contribution in [0.3, 0.4) is 0 Å². The molecule has 0 amide bonds. The maximum atomic E-state index is 12.2. The van der Waals surface area contributed by atoms with Gasteiger partial charge in [0.2, 0.25) is 0 Å². The zero-order chi connectivity index (χ0) is 18.3. The Morgan fingerprint density at radius 1 is 1.21 bits per heavy atom. The van der Waals surface area contributed by atoms with Crippen molar-refractivity contribution in [3.8, 4) is 0 Å². The van der Waals surface area contributed by atoms with Crippen LogP contribution in [0.15, 0.2) is 35.9 Å². The van der Waals surface area contributed by atoms with Crippen molar-refractivity contribution in [1.82, 2.24) is 5.32 Å². The number of benzene rings is 1. The van der Waals surface area contributed by atoms with Crippen molar-refractivity contribution >= 4 is 11.9 Å². The summed E-state index contributed by atoms with van der Waals surface area (Å²) in [6.45, 7) is 9.85. The van der Waals surface area contributed by atoms with Crippen molar-refractivity contribution in [3.05, 3.63) is 47.0 Å². The second-order valence-electron chi connectivity index (χ2n) is 6.54. The van der Waals surface area contributed by atoms with Gasteiger partial charge in [0.15, 0.2) is 0 Å². The number of nitrogens with one attached hydrogen (secondary N) is 1. The number of hydrogen-bond donors (Lipinski definition) is 1. The summed E-state index contributed by atoms with van der Waals surface area (Å²) in [6, 6.07) is 7.00. The van der Waals surface area contributed by atoms with E-state index >= 15 is 0 Å². The molecule has 1 aromatic rings. The van der Waals surface area contributed by atoms with Gasteiger partial charge in [-0.25, -0.2) is 9.59 Å². The number of rotatable bonds is 6. The van der Waals surface area contributed by atoms with Gasteiger partial charge in [-0.1, -0.05) is 18.2 Å². The van der Waals surface area contributed by atoms with E-state index in [1.165, 1.54) is 7.11 Å². The Morgan fingerprint density at radius 3 is 2.25 bits per heavy atom.